The Morgan fingerprint density at radius 3 is 2.26 bits per heavy atom. The molecule has 0 amide bonds. The van der Waals surface area contributed by atoms with Crippen LogP contribution in [0, 0.1) is 11.3 Å². The molecule has 0 N–H and O–H groups in total. The zero-order chi connectivity index (χ0) is 14.7. The summed E-state index contributed by atoms with van der Waals surface area (Å²) < 4.78 is 0. The Balaban J connectivity index is 0.00000154. The van der Waals surface area contributed by atoms with E-state index in [1.807, 2.05) is 13.8 Å². The van der Waals surface area contributed by atoms with Gasteiger partial charge in [0.15, 0.2) is 0 Å². The minimum Gasteiger partial charge on any atom is -0.0842 e. The number of hydrogen-bond donors (Lipinski definition) is 0. The molecule has 0 bridgehead atoms. The molecule has 1 rings (SSSR count). The number of hydrogen-bond acceptors (Lipinski definition) is 0. The van der Waals surface area contributed by atoms with Gasteiger partial charge in [0.25, 0.3) is 0 Å². The lowest BCUT2D eigenvalue weighted by Crippen LogP contribution is -2.30. The second-order valence-corrected chi connectivity index (χ2v) is 5.72. The van der Waals surface area contributed by atoms with Gasteiger partial charge in [0, 0.05) is 0 Å². The van der Waals surface area contributed by atoms with E-state index in [-0.39, 0.29) is 0 Å². The molecule has 0 heterocycles. The van der Waals surface area contributed by atoms with E-state index in [0.29, 0.717) is 5.41 Å². The van der Waals surface area contributed by atoms with Crippen LogP contribution < -0.4 is 0 Å². The zero-order valence-corrected chi connectivity index (χ0v) is 14.3. The van der Waals surface area contributed by atoms with Gasteiger partial charge >= 0.3 is 0 Å². The summed E-state index contributed by atoms with van der Waals surface area (Å²) in [5.74, 6) is 0.866. The van der Waals surface area contributed by atoms with Crippen molar-refractivity contribution in [2.45, 2.75) is 86.5 Å². The molecule has 0 saturated carbocycles. The molecule has 112 valence electrons. The summed E-state index contributed by atoms with van der Waals surface area (Å²) in [6, 6.07) is 0. The topological polar surface area (TPSA) is 0 Å². The molecule has 0 aromatic heterocycles. The maximum absolute atomic E-state index is 2.52. The van der Waals surface area contributed by atoms with Crippen molar-refractivity contribution in [1.82, 2.24) is 0 Å². The summed E-state index contributed by atoms with van der Waals surface area (Å²) in [5.41, 5.74) is 2.16. The molecule has 2 atom stereocenters. The third-order valence-corrected chi connectivity index (χ3v) is 4.55. The van der Waals surface area contributed by atoms with Crippen LogP contribution in [0.15, 0.2) is 23.8 Å². The first kappa shape index (κ1) is 18.5. The molecular weight excluding hydrogens is 228 g/mol. The minimum absolute atomic E-state index is 0.449. The molecule has 0 spiro atoms. The van der Waals surface area contributed by atoms with Crippen molar-refractivity contribution in [2.75, 3.05) is 0 Å². The number of rotatable bonds is 7. The van der Waals surface area contributed by atoms with Crippen molar-refractivity contribution in [3.63, 3.8) is 0 Å². The molecular formula is C19H36. The Labute approximate surface area is 122 Å². The smallest absolute Gasteiger partial charge is 0.00851 e. The summed E-state index contributed by atoms with van der Waals surface area (Å²) in [4.78, 5) is 0. The van der Waals surface area contributed by atoms with Crippen LogP contribution in [0.5, 0.6) is 0 Å². The number of allylic oxidation sites excluding steroid dienone is 4. The summed E-state index contributed by atoms with van der Waals surface area (Å²) in [6.45, 7) is 13.5. The van der Waals surface area contributed by atoms with Crippen LogP contribution in [0.25, 0.3) is 0 Å². The molecule has 0 fully saturated rings. The van der Waals surface area contributed by atoms with Crippen molar-refractivity contribution < 1.29 is 0 Å². The van der Waals surface area contributed by atoms with Crippen molar-refractivity contribution in [3.8, 4) is 0 Å². The van der Waals surface area contributed by atoms with E-state index < -0.39 is 0 Å². The fourth-order valence-electron chi connectivity index (χ4n) is 3.55. The predicted molar refractivity (Wildman–Crippen MR) is 89.5 cm³/mol. The highest BCUT2D eigenvalue weighted by Gasteiger charge is 2.34. The average molecular weight is 264 g/mol. The SMILES string of the molecule is CC.CCCC(CC)C(C)(CCC)C1=CC=CCC1. The van der Waals surface area contributed by atoms with Gasteiger partial charge in [-0.3, -0.25) is 0 Å². The van der Waals surface area contributed by atoms with Crippen molar-refractivity contribution in [2.24, 2.45) is 11.3 Å². The highest BCUT2D eigenvalue weighted by Crippen LogP contribution is 2.46. The van der Waals surface area contributed by atoms with Crippen LogP contribution in [0.2, 0.25) is 0 Å². The molecule has 0 nitrogen and oxygen atoms in total. The van der Waals surface area contributed by atoms with Crippen molar-refractivity contribution >= 4 is 0 Å². The van der Waals surface area contributed by atoms with Gasteiger partial charge in [-0.15, -0.1) is 0 Å². The molecule has 2 unspecified atom stereocenters. The lowest BCUT2D eigenvalue weighted by Gasteiger charge is -2.40. The minimum atomic E-state index is 0.449. The van der Waals surface area contributed by atoms with Crippen LogP contribution in [-0.4, -0.2) is 0 Å². The molecule has 19 heavy (non-hydrogen) atoms. The lowest BCUT2D eigenvalue weighted by molar-refractivity contribution is 0.190. The second kappa shape index (κ2) is 10.3. The lowest BCUT2D eigenvalue weighted by atomic mass is 9.64. The van der Waals surface area contributed by atoms with Gasteiger partial charge in [0.05, 0.1) is 0 Å². The van der Waals surface area contributed by atoms with Crippen LogP contribution in [0.1, 0.15) is 86.5 Å². The summed E-state index contributed by atoms with van der Waals surface area (Å²) in [5, 5.41) is 0. The fraction of sp³-hybridized carbons (Fsp3) is 0.789. The first-order valence-electron chi connectivity index (χ1n) is 8.55. The largest absolute Gasteiger partial charge is 0.0842 e. The summed E-state index contributed by atoms with van der Waals surface area (Å²) in [7, 11) is 0. The van der Waals surface area contributed by atoms with E-state index in [9.17, 15) is 0 Å². The van der Waals surface area contributed by atoms with E-state index in [0.717, 1.165) is 5.92 Å². The quantitative estimate of drug-likeness (QED) is 0.468. The third-order valence-electron chi connectivity index (χ3n) is 4.55. The Kier molecular flexibility index (Phi) is 10.0. The zero-order valence-electron chi connectivity index (χ0n) is 14.3. The van der Waals surface area contributed by atoms with Crippen molar-refractivity contribution in [1.29, 1.82) is 0 Å². The first-order valence-corrected chi connectivity index (χ1v) is 8.55. The van der Waals surface area contributed by atoms with Gasteiger partial charge in [0.2, 0.25) is 0 Å². The van der Waals surface area contributed by atoms with Crippen LogP contribution in [0.3, 0.4) is 0 Å². The molecule has 1 aliphatic rings. The van der Waals surface area contributed by atoms with Gasteiger partial charge in [-0.2, -0.15) is 0 Å². The van der Waals surface area contributed by atoms with Gasteiger partial charge in [-0.25, -0.2) is 0 Å². The van der Waals surface area contributed by atoms with E-state index in [1.54, 1.807) is 5.57 Å². The average Bonchev–Trinajstić information content (AvgIpc) is 2.48. The monoisotopic (exact) mass is 264 g/mol. The maximum Gasteiger partial charge on any atom is -0.00851 e. The standard InChI is InChI=1S/C17H30.C2H6/c1-5-11-15(7-3)17(4,14-6-2)16-12-9-8-10-13-16;1-2/h8-9,12,15H,5-7,10-11,13-14H2,1-4H3;1-2H3. The summed E-state index contributed by atoms with van der Waals surface area (Å²) >= 11 is 0. The molecule has 0 aromatic carbocycles. The highest BCUT2D eigenvalue weighted by molar-refractivity contribution is 5.24. The van der Waals surface area contributed by atoms with Gasteiger partial charge in [-0.1, -0.05) is 84.6 Å². The Bertz CT molecular complexity index is 272. The third kappa shape index (κ3) is 5.16. The van der Waals surface area contributed by atoms with E-state index in [1.165, 1.54) is 44.9 Å². The van der Waals surface area contributed by atoms with E-state index >= 15 is 0 Å². The van der Waals surface area contributed by atoms with Crippen LogP contribution in [0.4, 0.5) is 0 Å². The second-order valence-electron chi connectivity index (χ2n) is 5.72. The molecule has 0 saturated heterocycles. The van der Waals surface area contributed by atoms with Gasteiger partial charge in [-0.05, 0) is 37.0 Å². The molecule has 0 radical (unpaired) electrons. The normalized spacial score (nSPS) is 18.9. The first-order chi connectivity index (χ1) is 9.19. The Hall–Kier alpha value is -0.520. The molecule has 1 aliphatic carbocycles. The van der Waals surface area contributed by atoms with E-state index in [4.69, 9.17) is 0 Å². The molecule has 0 heteroatoms. The van der Waals surface area contributed by atoms with Gasteiger partial charge < -0.3 is 0 Å². The summed E-state index contributed by atoms with van der Waals surface area (Å²) in [6.07, 6.45) is 16.2. The van der Waals surface area contributed by atoms with Crippen molar-refractivity contribution in [3.05, 3.63) is 23.8 Å². The van der Waals surface area contributed by atoms with E-state index in [2.05, 4.69) is 45.9 Å². The van der Waals surface area contributed by atoms with Crippen LogP contribution in [-0.2, 0) is 0 Å². The van der Waals surface area contributed by atoms with Gasteiger partial charge in [0.1, 0.15) is 0 Å². The van der Waals surface area contributed by atoms with Crippen LogP contribution >= 0.6 is 0 Å². The predicted octanol–water partition coefficient (Wildman–Crippen LogP) is 6.92. The highest BCUT2D eigenvalue weighted by atomic mass is 14.4. The maximum atomic E-state index is 2.52. The Morgan fingerprint density at radius 1 is 1.16 bits per heavy atom. The molecule has 0 aliphatic heterocycles. The fourth-order valence-corrected chi connectivity index (χ4v) is 3.55. The molecule has 0 aromatic rings. The Morgan fingerprint density at radius 2 is 1.84 bits per heavy atom.